The quantitative estimate of drug-likeness (QED) is 0.663. The van der Waals surface area contributed by atoms with E-state index in [1.165, 1.54) is 19.2 Å². The molecular weight excluding hydrogens is 300 g/mol. The van der Waals surface area contributed by atoms with Gasteiger partial charge in [0, 0.05) is 24.7 Å². The maximum Gasteiger partial charge on any atom is 0.294 e. The van der Waals surface area contributed by atoms with Gasteiger partial charge in [0.05, 0.1) is 9.95 Å². The lowest BCUT2D eigenvalue weighted by Crippen LogP contribution is -2.13. The van der Waals surface area contributed by atoms with Crippen LogP contribution in [0.25, 0.3) is 0 Å². The molecule has 0 spiro atoms. The Morgan fingerprint density at radius 2 is 2.14 bits per heavy atom. The van der Waals surface area contributed by atoms with Crippen LogP contribution < -0.4 is 10.6 Å². The van der Waals surface area contributed by atoms with Crippen molar-refractivity contribution in [3.8, 4) is 0 Å². The van der Waals surface area contributed by atoms with E-state index >= 15 is 0 Å². The zero-order valence-corrected chi connectivity index (χ0v) is 11.9. The first kappa shape index (κ1) is 14.8. The summed E-state index contributed by atoms with van der Waals surface area (Å²) in [4.78, 5) is 22.5. The minimum Gasteiger partial charge on any atom is -0.381 e. The fourth-order valence-corrected chi connectivity index (χ4v) is 2.04. The molecule has 2 rings (SSSR count). The fraction of sp³-hybridized carbons (Fsp3) is 0.167. The number of carbonyl (C=O) groups excluding carboxylic acids is 1. The number of carbonyl (C=O) groups is 1. The molecule has 0 aliphatic carbocycles. The molecule has 110 valence electrons. The maximum atomic E-state index is 12.1. The van der Waals surface area contributed by atoms with Crippen LogP contribution in [0.1, 0.15) is 16.1 Å². The topological polar surface area (TPSA) is 110 Å². The van der Waals surface area contributed by atoms with Crippen LogP contribution in [0.4, 0.5) is 17.2 Å². The molecule has 0 radical (unpaired) electrons. The number of benzene rings is 1. The lowest BCUT2D eigenvalue weighted by molar-refractivity contribution is -0.383. The zero-order valence-electron chi connectivity index (χ0n) is 11.1. The number of aryl methyl sites for hydroxylation is 1. The summed E-state index contributed by atoms with van der Waals surface area (Å²) in [5.74, 6) is 0.171. The number of hydrogen-bond acceptors (Lipinski definition) is 6. The van der Waals surface area contributed by atoms with E-state index in [1.54, 1.807) is 6.92 Å². The van der Waals surface area contributed by atoms with Crippen molar-refractivity contribution in [3.63, 3.8) is 0 Å². The highest BCUT2D eigenvalue weighted by Crippen LogP contribution is 2.33. The number of nitrogens with zero attached hydrogens (tertiary/aromatic N) is 2. The van der Waals surface area contributed by atoms with Gasteiger partial charge >= 0.3 is 0 Å². The average molecular weight is 311 g/mol. The van der Waals surface area contributed by atoms with Gasteiger partial charge in [-0.05, 0) is 13.0 Å². The van der Waals surface area contributed by atoms with Gasteiger partial charge in [0.25, 0.3) is 11.6 Å². The highest BCUT2D eigenvalue weighted by molar-refractivity contribution is 6.34. The number of nitrogens with one attached hydrogen (secondary N) is 2. The van der Waals surface area contributed by atoms with Gasteiger partial charge in [-0.3, -0.25) is 14.9 Å². The monoisotopic (exact) mass is 310 g/mol. The second-order valence-corrected chi connectivity index (χ2v) is 4.54. The Hall–Kier alpha value is -2.61. The van der Waals surface area contributed by atoms with Crippen molar-refractivity contribution in [1.82, 2.24) is 5.16 Å². The van der Waals surface area contributed by atoms with Gasteiger partial charge in [0.15, 0.2) is 5.82 Å². The minimum atomic E-state index is -0.616. The zero-order chi connectivity index (χ0) is 15.6. The average Bonchev–Trinajstić information content (AvgIpc) is 2.82. The maximum absolute atomic E-state index is 12.1. The van der Waals surface area contributed by atoms with Crippen LogP contribution in [-0.4, -0.2) is 23.0 Å². The van der Waals surface area contributed by atoms with Crippen molar-refractivity contribution in [2.45, 2.75) is 6.92 Å². The molecule has 1 amide bonds. The fourth-order valence-electron chi connectivity index (χ4n) is 1.73. The summed E-state index contributed by atoms with van der Waals surface area (Å²) in [5.41, 5.74) is -0.0895. The number of rotatable bonds is 4. The van der Waals surface area contributed by atoms with Gasteiger partial charge in [0.1, 0.15) is 11.4 Å². The first-order chi connectivity index (χ1) is 9.92. The summed E-state index contributed by atoms with van der Waals surface area (Å²) in [7, 11) is 1.51. The van der Waals surface area contributed by atoms with Crippen LogP contribution in [0.15, 0.2) is 22.7 Å². The van der Waals surface area contributed by atoms with Crippen LogP contribution in [0, 0.1) is 17.0 Å². The molecule has 2 N–H and O–H groups in total. The standard InChI is InChI=1S/C12H11ClN4O4/c1-6-3-10(16-21-6)15-12(18)7-4-8(13)11(14-2)9(5-7)17(19)20/h3-5,14H,1-2H3,(H,15,16,18). The SMILES string of the molecule is CNc1c(Cl)cc(C(=O)Nc2cc(C)on2)cc1[N+](=O)[O-]. The van der Waals surface area contributed by atoms with E-state index in [4.69, 9.17) is 16.1 Å². The normalized spacial score (nSPS) is 10.2. The second-order valence-electron chi connectivity index (χ2n) is 4.14. The van der Waals surface area contributed by atoms with E-state index < -0.39 is 10.8 Å². The molecule has 0 aliphatic heterocycles. The summed E-state index contributed by atoms with van der Waals surface area (Å²) in [6.07, 6.45) is 0. The highest BCUT2D eigenvalue weighted by atomic mass is 35.5. The van der Waals surface area contributed by atoms with E-state index in [1.807, 2.05) is 0 Å². The lowest BCUT2D eigenvalue weighted by atomic mass is 10.1. The minimum absolute atomic E-state index is 0.0475. The van der Waals surface area contributed by atoms with Crippen molar-refractivity contribution < 1.29 is 14.2 Å². The third-order valence-corrected chi connectivity index (χ3v) is 2.95. The van der Waals surface area contributed by atoms with Gasteiger partial charge in [-0.2, -0.15) is 0 Å². The summed E-state index contributed by atoms with van der Waals surface area (Å²) >= 11 is 5.95. The Labute approximate surface area is 124 Å². The van der Waals surface area contributed by atoms with Gasteiger partial charge < -0.3 is 15.2 Å². The Morgan fingerprint density at radius 1 is 1.43 bits per heavy atom. The van der Waals surface area contributed by atoms with Gasteiger partial charge in [-0.1, -0.05) is 16.8 Å². The molecule has 21 heavy (non-hydrogen) atoms. The van der Waals surface area contributed by atoms with Crippen molar-refractivity contribution in [2.75, 3.05) is 17.7 Å². The number of nitro groups is 1. The third-order valence-electron chi connectivity index (χ3n) is 2.65. The molecule has 0 unspecified atom stereocenters. The van der Waals surface area contributed by atoms with E-state index in [9.17, 15) is 14.9 Å². The molecule has 0 saturated heterocycles. The van der Waals surface area contributed by atoms with E-state index in [0.29, 0.717) is 5.76 Å². The summed E-state index contributed by atoms with van der Waals surface area (Å²) in [6.45, 7) is 1.67. The van der Waals surface area contributed by atoms with Crippen LogP contribution in [-0.2, 0) is 0 Å². The molecule has 9 heteroatoms. The molecule has 0 atom stereocenters. The van der Waals surface area contributed by atoms with Crippen LogP contribution in [0.2, 0.25) is 5.02 Å². The lowest BCUT2D eigenvalue weighted by Gasteiger charge is -2.07. The van der Waals surface area contributed by atoms with E-state index in [-0.39, 0.29) is 27.8 Å². The van der Waals surface area contributed by atoms with Gasteiger partial charge in [-0.15, -0.1) is 0 Å². The van der Waals surface area contributed by atoms with Crippen molar-refractivity contribution >= 4 is 34.7 Å². The molecule has 0 saturated carbocycles. The Kier molecular flexibility index (Phi) is 4.08. The predicted molar refractivity (Wildman–Crippen MR) is 76.8 cm³/mol. The van der Waals surface area contributed by atoms with E-state index in [2.05, 4.69) is 15.8 Å². The van der Waals surface area contributed by atoms with Gasteiger partial charge in [0.2, 0.25) is 0 Å². The van der Waals surface area contributed by atoms with Crippen molar-refractivity contribution in [1.29, 1.82) is 0 Å². The molecule has 1 aromatic heterocycles. The molecule has 0 bridgehead atoms. The molecule has 2 aromatic rings. The Bertz CT molecular complexity index is 713. The molecule has 8 nitrogen and oxygen atoms in total. The van der Waals surface area contributed by atoms with Crippen molar-refractivity contribution in [3.05, 3.63) is 44.7 Å². The summed E-state index contributed by atoms with van der Waals surface area (Å²) in [5, 5.41) is 19.8. The number of halogens is 1. The number of aromatic nitrogens is 1. The molecule has 0 fully saturated rings. The highest BCUT2D eigenvalue weighted by Gasteiger charge is 2.21. The second kappa shape index (κ2) is 5.80. The summed E-state index contributed by atoms with van der Waals surface area (Å²) < 4.78 is 4.81. The van der Waals surface area contributed by atoms with Gasteiger partial charge in [-0.25, -0.2) is 0 Å². The largest absolute Gasteiger partial charge is 0.381 e. The number of anilines is 2. The Balaban J connectivity index is 2.35. The number of nitro benzene ring substituents is 1. The smallest absolute Gasteiger partial charge is 0.294 e. The van der Waals surface area contributed by atoms with Crippen LogP contribution >= 0.6 is 11.6 Å². The molecule has 0 aliphatic rings. The number of amides is 1. The first-order valence-corrected chi connectivity index (χ1v) is 6.20. The van der Waals surface area contributed by atoms with E-state index in [0.717, 1.165) is 6.07 Å². The van der Waals surface area contributed by atoms with Crippen LogP contribution in [0.5, 0.6) is 0 Å². The molecule has 1 aromatic carbocycles. The van der Waals surface area contributed by atoms with Crippen LogP contribution in [0.3, 0.4) is 0 Å². The molecular formula is C12H11ClN4O4. The Morgan fingerprint density at radius 3 is 2.67 bits per heavy atom. The molecule has 1 heterocycles. The summed E-state index contributed by atoms with van der Waals surface area (Å²) in [6, 6.07) is 4.00. The predicted octanol–water partition coefficient (Wildman–Crippen LogP) is 2.84. The van der Waals surface area contributed by atoms with Crippen molar-refractivity contribution in [2.24, 2.45) is 0 Å². The first-order valence-electron chi connectivity index (χ1n) is 5.82. The third kappa shape index (κ3) is 3.11. The number of hydrogen-bond donors (Lipinski definition) is 2.